The van der Waals surface area contributed by atoms with E-state index < -0.39 is 0 Å². The average Bonchev–Trinajstić information content (AvgIpc) is 2.93. The van der Waals surface area contributed by atoms with Gasteiger partial charge in [-0.3, -0.25) is 4.68 Å². The Labute approximate surface area is 124 Å². The monoisotopic (exact) mass is 277 g/mol. The predicted molar refractivity (Wildman–Crippen MR) is 85.0 cm³/mol. The van der Waals surface area contributed by atoms with Crippen molar-refractivity contribution in [1.82, 2.24) is 15.1 Å². The van der Waals surface area contributed by atoms with E-state index in [-0.39, 0.29) is 0 Å². The van der Waals surface area contributed by atoms with E-state index in [1.165, 1.54) is 50.6 Å². The molecule has 114 valence electrons. The standard InChI is InChI=1S/C17H31N3/c1-14(2)17(18-3)11-7-8-15-12-13-20(19-15)16-9-5-4-6-10-16/h12-14,16-18H,4-11H2,1-3H3. The van der Waals surface area contributed by atoms with E-state index in [1.807, 2.05) is 0 Å². The summed E-state index contributed by atoms with van der Waals surface area (Å²) in [5.74, 6) is 0.708. The summed E-state index contributed by atoms with van der Waals surface area (Å²) in [5, 5.41) is 8.22. The van der Waals surface area contributed by atoms with Crippen LogP contribution in [0.1, 0.15) is 70.5 Å². The SMILES string of the molecule is CNC(CCCc1ccn(C2CCCCC2)n1)C(C)C. The largest absolute Gasteiger partial charge is 0.317 e. The van der Waals surface area contributed by atoms with Crippen LogP contribution in [0.25, 0.3) is 0 Å². The highest BCUT2D eigenvalue weighted by Crippen LogP contribution is 2.27. The first-order valence-corrected chi connectivity index (χ1v) is 8.42. The predicted octanol–water partition coefficient (Wildman–Crippen LogP) is 3.96. The van der Waals surface area contributed by atoms with Crippen molar-refractivity contribution in [3.63, 3.8) is 0 Å². The number of rotatable bonds is 7. The van der Waals surface area contributed by atoms with Crippen LogP contribution in [-0.4, -0.2) is 22.9 Å². The van der Waals surface area contributed by atoms with E-state index in [1.54, 1.807) is 0 Å². The van der Waals surface area contributed by atoms with Gasteiger partial charge in [0.1, 0.15) is 0 Å². The fourth-order valence-corrected chi connectivity index (χ4v) is 3.37. The Bertz CT molecular complexity index is 377. The minimum atomic E-state index is 0.635. The van der Waals surface area contributed by atoms with E-state index in [2.05, 4.69) is 43.2 Å². The molecule has 2 rings (SSSR count). The third kappa shape index (κ3) is 4.34. The van der Waals surface area contributed by atoms with Gasteiger partial charge in [0, 0.05) is 12.2 Å². The molecule has 20 heavy (non-hydrogen) atoms. The quantitative estimate of drug-likeness (QED) is 0.817. The molecule has 0 radical (unpaired) electrons. The number of aryl methyl sites for hydroxylation is 1. The maximum atomic E-state index is 4.80. The van der Waals surface area contributed by atoms with Crippen molar-refractivity contribution in [1.29, 1.82) is 0 Å². The van der Waals surface area contributed by atoms with Crippen LogP contribution in [0.5, 0.6) is 0 Å². The van der Waals surface area contributed by atoms with Gasteiger partial charge in [0.2, 0.25) is 0 Å². The van der Waals surface area contributed by atoms with Gasteiger partial charge in [0.05, 0.1) is 11.7 Å². The molecule has 0 bridgehead atoms. The number of aromatic nitrogens is 2. The molecule has 1 aromatic rings. The molecule has 1 fully saturated rings. The minimum Gasteiger partial charge on any atom is -0.317 e. The maximum absolute atomic E-state index is 4.80. The molecular formula is C17H31N3. The number of nitrogens with one attached hydrogen (secondary N) is 1. The summed E-state index contributed by atoms with van der Waals surface area (Å²) in [4.78, 5) is 0. The first-order valence-electron chi connectivity index (χ1n) is 8.42. The Kier molecular flexibility index (Phi) is 6.08. The molecule has 0 saturated heterocycles. The van der Waals surface area contributed by atoms with E-state index in [0.29, 0.717) is 18.0 Å². The summed E-state index contributed by atoms with van der Waals surface area (Å²) in [5.41, 5.74) is 1.27. The second-order valence-electron chi connectivity index (χ2n) is 6.61. The van der Waals surface area contributed by atoms with Gasteiger partial charge in [-0.15, -0.1) is 0 Å². The summed E-state index contributed by atoms with van der Waals surface area (Å²) < 4.78 is 2.23. The van der Waals surface area contributed by atoms with E-state index in [9.17, 15) is 0 Å². The molecule has 1 atom stereocenters. The highest BCUT2D eigenvalue weighted by molar-refractivity contribution is 5.00. The lowest BCUT2D eigenvalue weighted by Gasteiger charge is -2.22. The van der Waals surface area contributed by atoms with Crippen molar-refractivity contribution >= 4 is 0 Å². The van der Waals surface area contributed by atoms with E-state index in [0.717, 1.165) is 6.42 Å². The normalized spacial score (nSPS) is 18.6. The summed E-state index contributed by atoms with van der Waals surface area (Å²) >= 11 is 0. The van der Waals surface area contributed by atoms with Crippen molar-refractivity contribution in [2.45, 2.75) is 77.3 Å². The molecule has 0 spiro atoms. The van der Waals surface area contributed by atoms with Gasteiger partial charge in [-0.05, 0) is 51.1 Å². The molecule has 0 amide bonds. The second kappa shape index (κ2) is 7.82. The fourth-order valence-electron chi connectivity index (χ4n) is 3.37. The second-order valence-corrected chi connectivity index (χ2v) is 6.61. The van der Waals surface area contributed by atoms with Crippen LogP contribution in [0.2, 0.25) is 0 Å². The van der Waals surface area contributed by atoms with Crippen molar-refractivity contribution in [3.8, 4) is 0 Å². The lowest BCUT2D eigenvalue weighted by molar-refractivity contribution is 0.327. The average molecular weight is 277 g/mol. The molecule has 1 N–H and O–H groups in total. The molecule has 1 aliphatic carbocycles. The zero-order valence-electron chi connectivity index (χ0n) is 13.4. The Morgan fingerprint density at radius 1 is 1.30 bits per heavy atom. The lowest BCUT2D eigenvalue weighted by atomic mass is 9.96. The summed E-state index contributed by atoms with van der Waals surface area (Å²) in [6.07, 6.45) is 12.6. The number of hydrogen-bond donors (Lipinski definition) is 1. The van der Waals surface area contributed by atoms with Gasteiger partial charge in [-0.25, -0.2) is 0 Å². The molecule has 1 saturated carbocycles. The Morgan fingerprint density at radius 3 is 2.70 bits per heavy atom. The highest BCUT2D eigenvalue weighted by atomic mass is 15.3. The Balaban J connectivity index is 1.77. The molecular weight excluding hydrogens is 246 g/mol. The van der Waals surface area contributed by atoms with Crippen LogP contribution in [-0.2, 0) is 6.42 Å². The maximum Gasteiger partial charge on any atom is 0.0624 e. The smallest absolute Gasteiger partial charge is 0.0624 e. The molecule has 1 aromatic heterocycles. The van der Waals surface area contributed by atoms with Crippen LogP contribution in [0, 0.1) is 5.92 Å². The fraction of sp³-hybridized carbons (Fsp3) is 0.824. The van der Waals surface area contributed by atoms with Gasteiger partial charge in [0.25, 0.3) is 0 Å². The number of hydrogen-bond acceptors (Lipinski definition) is 2. The minimum absolute atomic E-state index is 0.635. The summed E-state index contributed by atoms with van der Waals surface area (Å²) in [7, 11) is 2.07. The zero-order valence-corrected chi connectivity index (χ0v) is 13.4. The number of nitrogens with zero attached hydrogens (tertiary/aromatic N) is 2. The highest BCUT2D eigenvalue weighted by Gasteiger charge is 2.16. The van der Waals surface area contributed by atoms with Gasteiger partial charge >= 0.3 is 0 Å². The summed E-state index contributed by atoms with van der Waals surface area (Å²) in [6.45, 7) is 4.58. The third-order valence-corrected chi connectivity index (χ3v) is 4.74. The van der Waals surface area contributed by atoms with Crippen molar-refractivity contribution in [2.24, 2.45) is 5.92 Å². The van der Waals surface area contributed by atoms with Crippen molar-refractivity contribution < 1.29 is 0 Å². The summed E-state index contributed by atoms with van der Waals surface area (Å²) in [6, 6.07) is 3.52. The third-order valence-electron chi connectivity index (χ3n) is 4.74. The van der Waals surface area contributed by atoms with Crippen LogP contribution >= 0.6 is 0 Å². The van der Waals surface area contributed by atoms with Gasteiger partial charge in [0.15, 0.2) is 0 Å². The van der Waals surface area contributed by atoms with E-state index in [4.69, 9.17) is 5.10 Å². The zero-order chi connectivity index (χ0) is 14.4. The molecule has 1 heterocycles. The van der Waals surface area contributed by atoms with Crippen LogP contribution < -0.4 is 5.32 Å². The first-order chi connectivity index (χ1) is 9.70. The van der Waals surface area contributed by atoms with Crippen LogP contribution in [0.4, 0.5) is 0 Å². The van der Waals surface area contributed by atoms with Crippen molar-refractivity contribution in [2.75, 3.05) is 7.05 Å². The topological polar surface area (TPSA) is 29.9 Å². The molecule has 3 nitrogen and oxygen atoms in total. The molecule has 0 aliphatic heterocycles. The molecule has 0 aromatic carbocycles. The van der Waals surface area contributed by atoms with Gasteiger partial charge < -0.3 is 5.32 Å². The van der Waals surface area contributed by atoms with E-state index >= 15 is 0 Å². The Hall–Kier alpha value is -0.830. The van der Waals surface area contributed by atoms with Gasteiger partial charge in [-0.1, -0.05) is 33.1 Å². The lowest BCUT2D eigenvalue weighted by Crippen LogP contribution is -2.30. The van der Waals surface area contributed by atoms with Crippen LogP contribution in [0.15, 0.2) is 12.3 Å². The Morgan fingerprint density at radius 2 is 2.05 bits per heavy atom. The molecule has 3 heteroatoms. The van der Waals surface area contributed by atoms with Gasteiger partial charge in [-0.2, -0.15) is 5.10 Å². The van der Waals surface area contributed by atoms with Crippen LogP contribution in [0.3, 0.4) is 0 Å². The van der Waals surface area contributed by atoms with Crippen molar-refractivity contribution in [3.05, 3.63) is 18.0 Å². The molecule has 1 unspecified atom stereocenters. The first kappa shape index (κ1) is 15.6. The molecule has 1 aliphatic rings.